The van der Waals surface area contributed by atoms with Crippen LogP contribution in [0.4, 0.5) is 0 Å². The third kappa shape index (κ3) is 1.46. The third-order valence-corrected chi connectivity index (χ3v) is 1.84. The van der Waals surface area contributed by atoms with E-state index in [2.05, 4.69) is 0 Å². The zero-order valence-electron chi connectivity index (χ0n) is 6.08. The first-order valence-electron chi connectivity index (χ1n) is 3.20. The van der Waals surface area contributed by atoms with Gasteiger partial charge in [-0.2, -0.15) is 0 Å². The van der Waals surface area contributed by atoms with Crippen molar-refractivity contribution in [3.63, 3.8) is 0 Å². The Balaban J connectivity index is 3.32. The van der Waals surface area contributed by atoms with Gasteiger partial charge in [0.15, 0.2) is 6.29 Å². The van der Waals surface area contributed by atoms with Crippen LogP contribution in [0, 0.1) is 0 Å². The lowest BCUT2D eigenvalue weighted by Gasteiger charge is -2.00. The van der Waals surface area contributed by atoms with Crippen LogP contribution in [0.3, 0.4) is 0 Å². The van der Waals surface area contributed by atoms with Crippen molar-refractivity contribution in [2.45, 2.75) is 0 Å². The Morgan fingerprint density at radius 3 is 2.67 bits per heavy atom. The normalized spacial score (nSPS) is 9.42. The van der Waals surface area contributed by atoms with E-state index in [1.165, 1.54) is 12.1 Å². The van der Waals surface area contributed by atoms with Crippen LogP contribution in [-0.4, -0.2) is 12.2 Å². The van der Waals surface area contributed by atoms with Gasteiger partial charge < -0.3 is 5.73 Å². The molecule has 0 atom stereocenters. The molecule has 1 rings (SSSR count). The molecule has 62 valence electrons. The molecular formula is C8H6ClNO2. The van der Waals surface area contributed by atoms with Gasteiger partial charge in [-0.25, -0.2) is 0 Å². The van der Waals surface area contributed by atoms with Gasteiger partial charge in [-0.1, -0.05) is 23.7 Å². The van der Waals surface area contributed by atoms with Crippen LogP contribution < -0.4 is 5.73 Å². The Morgan fingerprint density at radius 2 is 2.17 bits per heavy atom. The van der Waals surface area contributed by atoms with Crippen molar-refractivity contribution >= 4 is 23.8 Å². The van der Waals surface area contributed by atoms with Crippen LogP contribution in [0.1, 0.15) is 20.7 Å². The van der Waals surface area contributed by atoms with Crippen molar-refractivity contribution in [2.24, 2.45) is 5.73 Å². The Kier molecular flexibility index (Phi) is 2.45. The standard InChI is InChI=1S/C8H6ClNO2/c9-7-5(4-11)2-1-3-6(7)8(10)12/h1-4H,(H2,10,12). The molecule has 0 saturated heterocycles. The summed E-state index contributed by atoms with van der Waals surface area (Å²) in [5, 5.41) is 0.111. The zero-order valence-corrected chi connectivity index (χ0v) is 6.84. The summed E-state index contributed by atoms with van der Waals surface area (Å²) in [6.07, 6.45) is 0.578. The maximum absolute atomic E-state index is 10.7. The molecule has 0 heterocycles. The lowest BCUT2D eigenvalue weighted by molar-refractivity contribution is 0.100. The van der Waals surface area contributed by atoms with Crippen molar-refractivity contribution < 1.29 is 9.59 Å². The number of hydrogen-bond donors (Lipinski definition) is 1. The topological polar surface area (TPSA) is 60.2 Å². The van der Waals surface area contributed by atoms with E-state index in [4.69, 9.17) is 17.3 Å². The zero-order chi connectivity index (χ0) is 9.14. The first-order valence-corrected chi connectivity index (χ1v) is 3.58. The number of carbonyl (C=O) groups excluding carboxylic acids is 2. The average molecular weight is 184 g/mol. The van der Waals surface area contributed by atoms with Gasteiger partial charge in [0.1, 0.15) is 0 Å². The summed E-state index contributed by atoms with van der Waals surface area (Å²) in [4.78, 5) is 21.1. The van der Waals surface area contributed by atoms with Gasteiger partial charge in [0, 0.05) is 5.56 Å². The van der Waals surface area contributed by atoms with E-state index in [1.54, 1.807) is 6.07 Å². The maximum Gasteiger partial charge on any atom is 0.250 e. The minimum absolute atomic E-state index is 0.111. The van der Waals surface area contributed by atoms with Crippen LogP contribution in [0.25, 0.3) is 0 Å². The van der Waals surface area contributed by atoms with Crippen LogP contribution in [0.15, 0.2) is 18.2 Å². The highest BCUT2D eigenvalue weighted by atomic mass is 35.5. The van der Waals surface area contributed by atoms with Crippen molar-refractivity contribution in [3.8, 4) is 0 Å². The van der Waals surface area contributed by atoms with E-state index in [0.717, 1.165) is 0 Å². The number of rotatable bonds is 2. The molecule has 0 aliphatic rings. The molecule has 0 saturated carbocycles. The molecule has 0 aliphatic carbocycles. The third-order valence-electron chi connectivity index (χ3n) is 1.42. The Labute approximate surface area is 74.1 Å². The number of benzene rings is 1. The summed E-state index contributed by atoms with van der Waals surface area (Å²) >= 11 is 5.67. The summed E-state index contributed by atoms with van der Waals surface area (Å²) in [5.41, 5.74) is 5.44. The molecular weight excluding hydrogens is 178 g/mol. The van der Waals surface area contributed by atoms with Crippen molar-refractivity contribution in [1.82, 2.24) is 0 Å². The van der Waals surface area contributed by atoms with Crippen LogP contribution in [0.5, 0.6) is 0 Å². The molecule has 3 nitrogen and oxygen atoms in total. The molecule has 1 aromatic carbocycles. The summed E-state index contributed by atoms with van der Waals surface area (Å²) in [7, 11) is 0. The van der Waals surface area contributed by atoms with Crippen molar-refractivity contribution in [3.05, 3.63) is 34.3 Å². The second-order valence-corrected chi connectivity index (χ2v) is 2.57. The Bertz CT molecular complexity index is 336. The summed E-state index contributed by atoms with van der Waals surface area (Å²) < 4.78 is 0. The summed E-state index contributed by atoms with van der Waals surface area (Å²) in [6, 6.07) is 4.54. The SMILES string of the molecule is NC(=O)c1cccc(C=O)c1Cl. The van der Waals surface area contributed by atoms with E-state index in [0.29, 0.717) is 6.29 Å². The molecule has 0 bridgehead atoms. The van der Waals surface area contributed by atoms with Gasteiger partial charge in [-0.15, -0.1) is 0 Å². The highest BCUT2D eigenvalue weighted by molar-refractivity contribution is 6.36. The van der Waals surface area contributed by atoms with Crippen LogP contribution in [0.2, 0.25) is 5.02 Å². The molecule has 0 radical (unpaired) electrons. The quantitative estimate of drug-likeness (QED) is 0.702. The van der Waals surface area contributed by atoms with E-state index in [9.17, 15) is 9.59 Å². The van der Waals surface area contributed by atoms with Gasteiger partial charge in [-0.05, 0) is 6.07 Å². The van der Waals surface area contributed by atoms with E-state index in [-0.39, 0.29) is 16.1 Å². The monoisotopic (exact) mass is 183 g/mol. The second kappa shape index (κ2) is 3.36. The fourth-order valence-corrected chi connectivity index (χ4v) is 1.09. The molecule has 0 unspecified atom stereocenters. The van der Waals surface area contributed by atoms with Gasteiger partial charge in [0.05, 0.1) is 10.6 Å². The number of amides is 1. The smallest absolute Gasteiger partial charge is 0.250 e. The first-order chi connectivity index (χ1) is 5.66. The first kappa shape index (κ1) is 8.74. The van der Waals surface area contributed by atoms with Gasteiger partial charge in [-0.3, -0.25) is 9.59 Å². The lowest BCUT2D eigenvalue weighted by atomic mass is 10.1. The molecule has 0 spiro atoms. The fourth-order valence-electron chi connectivity index (χ4n) is 0.831. The van der Waals surface area contributed by atoms with Gasteiger partial charge in [0.25, 0.3) is 0 Å². The van der Waals surface area contributed by atoms with E-state index >= 15 is 0 Å². The van der Waals surface area contributed by atoms with Gasteiger partial charge in [0.2, 0.25) is 5.91 Å². The van der Waals surface area contributed by atoms with E-state index in [1.807, 2.05) is 0 Å². The number of primary amides is 1. The Morgan fingerprint density at radius 1 is 1.50 bits per heavy atom. The molecule has 1 aromatic rings. The van der Waals surface area contributed by atoms with E-state index < -0.39 is 5.91 Å². The summed E-state index contributed by atoms with van der Waals surface area (Å²) in [5.74, 6) is -0.635. The molecule has 4 heteroatoms. The Hall–Kier alpha value is -1.35. The number of hydrogen-bond acceptors (Lipinski definition) is 2. The van der Waals surface area contributed by atoms with Crippen molar-refractivity contribution in [2.75, 3.05) is 0 Å². The molecule has 0 aliphatic heterocycles. The number of carbonyl (C=O) groups is 2. The molecule has 1 amide bonds. The maximum atomic E-state index is 10.7. The van der Waals surface area contributed by atoms with Crippen LogP contribution >= 0.6 is 11.6 Å². The number of halogens is 1. The second-order valence-electron chi connectivity index (χ2n) is 2.19. The molecule has 0 fully saturated rings. The number of nitrogens with two attached hydrogens (primary N) is 1. The summed E-state index contributed by atoms with van der Waals surface area (Å²) in [6.45, 7) is 0. The molecule has 0 aromatic heterocycles. The average Bonchev–Trinajstić information content (AvgIpc) is 2.04. The molecule has 2 N–H and O–H groups in total. The highest BCUT2D eigenvalue weighted by Gasteiger charge is 2.08. The number of aldehydes is 1. The van der Waals surface area contributed by atoms with Crippen LogP contribution in [-0.2, 0) is 0 Å². The predicted molar refractivity (Wildman–Crippen MR) is 45.4 cm³/mol. The predicted octanol–water partition coefficient (Wildman–Crippen LogP) is 1.25. The minimum atomic E-state index is -0.635. The highest BCUT2D eigenvalue weighted by Crippen LogP contribution is 2.18. The lowest BCUT2D eigenvalue weighted by Crippen LogP contribution is -2.12. The minimum Gasteiger partial charge on any atom is -0.366 e. The van der Waals surface area contributed by atoms with Crippen molar-refractivity contribution in [1.29, 1.82) is 0 Å². The van der Waals surface area contributed by atoms with Gasteiger partial charge >= 0.3 is 0 Å². The molecule has 12 heavy (non-hydrogen) atoms. The fraction of sp³-hybridized carbons (Fsp3) is 0. The largest absolute Gasteiger partial charge is 0.366 e.